The summed E-state index contributed by atoms with van der Waals surface area (Å²) in [4.78, 5) is 0.0527. The predicted octanol–water partition coefficient (Wildman–Crippen LogP) is 4.53. The Bertz CT molecular complexity index is 1130. The highest BCUT2D eigenvalue weighted by Crippen LogP contribution is 2.32. The normalized spacial score (nSPS) is 11.5. The fourth-order valence-corrected chi connectivity index (χ4v) is 3.52. The van der Waals surface area contributed by atoms with Gasteiger partial charge in [-0.25, -0.2) is 0 Å². The first-order valence-electron chi connectivity index (χ1n) is 8.38. The Morgan fingerprint density at radius 2 is 1.57 bits per heavy atom. The number of ether oxygens (including phenoxy) is 1. The fourth-order valence-electron chi connectivity index (χ4n) is 2.56. The SMILES string of the molecule is COc1cc(/C=C(\C#N)c2ccccc2)ccc1OS(=O)(=O)c1ccccc1. The highest BCUT2D eigenvalue weighted by atomic mass is 32.2. The van der Waals surface area contributed by atoms with Crippen LogP contribution in [0.2, 0.25) is 0 Å². The first-order valence-corrected chi connectivity index (χ1v) is 9.79. The van der Waals surface area contributed by atoms with Crippen LogP contribution in [-0.2, 0) is 10.1 Å². The number of hydrogen-bond acceptors (Lipinski definition) is 5. The predicted molar refractivity (Wildman–Crippen MR) is 107 cm³/mol. The number of allylic oxidation sites excluding steroid dienone is 1. The van der Waals surface area contributed by atoms with Crippen LogP contribution in [0.1, 0.15) is 11.1 Å². The molecule has 0 fully saturated rings. The van der Waals surface area contributed by atoms with Crippen molar-refractivity contribution in [1.82, 2.24) is 0 Å². The molecule has 140 valence electrons. The van der Waals surface area contributed by atoms with E-state index >= 15 is 0 Å². The van der Waals surface area contributed by atoms with E-state index in [-0.39, 0.29) is 16.4 Å². The van der Waals surface area contributed by atoms with Gasteiger partial charge in [0, 0.05) is 0 Å². The molecule has 0 aliphatic rings. The van der Waals surface area contributed by atoms with Gasteiger partial charge in [-0.05, 0) is 41.5 Å². The van der Waals surface area contributed by atoms with Crippen LogP contribution in [0.4, 0.5) is 0 Å². The van der Waals surface area contributed by atoms with E-state index in [1.807, 2.05) is 30.3 Å². The molecule has 0 bridgehead atoms. The third-order valence-corrected chi connectivity index (χ3v) is 5.18. The smallest absolute Gasteiger partial charge is 0.339 e. The molecule has 0 N–H and O–H groups in total. The van der Waals surface area contributed by atoms with E-state index < -0.39 is 10.1 Å². The average Bonchev–Trinajstić information content (AvgIpc) is 2.74. The Kier molecular flexibility index (Phi) is 5.78. The van der Waals surface area contributed by atoms with Crippen molar-refractivity contribution < 1.29 is 17.3 Å². The molecule has 0 atom stereocenters. The summed E-state index contributed by atoms with van der Waals surface area (Å²) in [7, 11) is -2.55. The summed E-state index contributed by atoms with van der Waals surface area (Å²) in [5.41, 5.74) is 1.95. The second-order valence-electron chi connectivity index (χ2n) is 5.80. The molecule has 3 rings (SSSR count). The van der Waals surface area contributed by atoms with Crippen LogP contribution in [-0.4, -0.2) is 15.5 Å². The zero-order chi connectivity index (χ0) is 20.0. The molecule has 6 heteroatoms. The standard InChI is InChI=1S/C22H17NO4S/c1-26-22-15-17(14-19(16-23)18-8-4-2-5-9-18)12-13-21(22)27-28(24,25)20-10-6-3-7-11-20/h2-15H,1H3/b19-14+. The molecular weight excluding hydrogens is 374 g/mol. The second-order valence-corrected chi connectivity index (χ2v) is 7.34. The van der Waals surface area contributed by atoms with Gasteiger partial charge in [0.1, 0.15) is 4.90 Å². The molecule has 0 saturated heterocycles. The summed E-state index contributed by atoms with van der Waals surface area (Å²) < 4.78 is 35.4. The number of rotatable bonds is 6. The quantitative estimate of drug-likeness (QED) is 0.351. The highest BCUT2D eigenvalue weighted by molar-refractivity contribution is 7.87. The molecule has 0 aliphatic carbocycles. The molecule has 0 aromatic heterocycles. The largest absolute Gasteiger partial charge is 0.493 e. The Balaban J connectivity index is 1.93. The number of nitrogens with zero attached hydrogens (tertiary/aromatic N) is 1. The lowest BCUT2D eigenvalue weighted by Gasteiger charge is -2.11. The van der Waals surface area contributed by atoms with E-state index in [2.05, 4.69) is 6.07 Å². The first kappa shape index (κ1) is 19.2. The van der Waals surface area contributed by atoms with Crippen LogP contribution in [0.15, 0.2) is 83.8 Å². The van der Waals surface area contributed by atoms with Crippen LogP contribution >= 0.6 is 0 Å². The van der Waals surface area contributed by atoms with Crippen LogP contribution in [0, 0.1) is 11.3 Å². The Hall–Kier alpha value is -3.56. The van der Waals surface area contributed by atoms with Gasteiger partial charge in [0.15, 0.2) is 11.5 Å². The lowest BCUT2D eigenvalue weighted by Crippen LogP contribution is -2.10. The van der Waals surface area contributed by atoms with Crippen molar-refractivity contribution in [3.8, 4) is 17.6 Å². The van der Waals surface area contributed by atoms with Gasteiger partial charge in [0.05, 0.1) is 18.8 Å². The number of nitriles is 1. The number of hydrogen-bond donors (Lipinski definition) is 0. The van der Waals surface area contributed by atoms with Crippen molar-refractivity contribution in [3.05, 3.63) is 90.0 Å². The maximum Gasteiger partial charge on any atom is 0.339 e. The van der Waals surface area contributed by atoms with Gasteiger partial charge in [-0.15, -0.1) is 0 Å². The summed E-state index contributed by atoms with van der Waals surface area (Å²) in [5.74, 6) is 0.320. The maximum absolute atomic E-state index is 12.4. The van der Waals surface area contributed by atoms with E-state index in [0.717, 1.165) is 5.56 Å². The molecule has 0 spiro atoms. The Morgan fingerprint density at radius 1 is 0.929 bits per heavy atom. The first-order chi connectivity index (χ1) is 13.5. The van der Waals surface area contributed by atoms with Crippen LogP contribution in [0.3, 0.4) is 0 Å². The van der Waals surface area contributed by atoms with Crippen LogP contribution in [0.5, 0.6) is 11.5 Å². The van der Waals surface area contributed by atoms with Crippen molar-refractivity contribution in [1.29, 1.82) is 5.26 Å². The molecule has 3 aromatic carbocycles. The summed E-state index contributed by atoms with van der Waals surface area (Å²) in [6.07, 6.45) is 1.70. The zero-order valence-corrected chi connectivity index (χ0v) is 15.9. The van der Waals surface area contributed by atoms with Gasteiger partial charge in [0.25, 0.3) is 0 Å². The second kappa shape index (κ2) is 8.42. The molecule has 0 aliphatic heterocycles. The molecule has 5 nitrogen and oxygen atoms in total. The van der Waals surface area contributed by atoms with Crippen molar-refractivity contribution in [2.45, 2.75) is 4.90 Å². The Morgan fingerprint density at radius 3 is 2.18 bits per heavy atom. The molecule has 0 heterocycles. The van der Waals surface area contributed by atoms with Crippen molar-refractivity contribution in [2.75, 3.05) is 7.11 Å². The van der Waals surface area contributed by atoms with E-state index in [0.29, 0.717) is 11.1 Å². The summed E-state index contributed by atoms with van der Waals surface area (Å²) >= 11 is 0. The lowest BCUT2D eigenvalue weighted by atomic mass is 10.0. The monoisotopic (exact) mass is 391 g/mol. The lowest BCUT2D eigenvalue weighted by molar-refractivity contribution is 0.390. The Labute approximate surface area is 164 Å². The average molecular weight is 391 g/mol. The topological polar surface area (TPSA) is 76.4 Å². The summed E-state index contributed by atoms with van der Waals surface area (Å²) in [6, 6.07) is 24.1. The van der Waals surface area contributed by atoms with Crippen molar-refractivity contribution in [3.63, 3.8) is 0 Å². The van der Waals surface area contributed by atoms with E-state index in [1.165, 1.54) is 25.3 Å². The van der Waals surface area contributed by atoms with Gasteiger partial charge in [-0.2, -0.15) is 13.7 Å². The van der Waals surface area contributed by atoms with Crippen LogP contribution in [0.25, 0.3) is 11.6 Å². The molecule has 0 radical (unpaired) electrons. The number of methoxy groups -OCH3 is 1. The molecule has 0 saturated carbocycles. The zero-order valence-electron chi connectivity index (χ0n) is 15.1. The van der Waals surface area contributed by atoms with Crippen molar-refractivity contribution in [2.24, 2.45) is 0 Å². The summed E-state index contributed by atoms with van der Waals surface area (Å²) in [5, 5.41) is 9.45. The van der Waals surface area contributed by atoms with Gasteiger partial charge in [-0.3, -0.25) is 0 Å². The fraction of sp³-hybridized carbons (Fsp3) is 0.0455. The van der Waals surface area contributed by atoms with Crippen LogP contribution < -0.4 is 8.92 Å². The minimum absolute atomic E-state index is 0.0527. The molecular formula is C22H17NO4S. The molecule has 28 heavy (non-hydrogen) atoms. The molecule has 3 aromatic rings. The van der Waals surface area contributed by atoms with E-state index in [9.17, 15) is 13.7 Å². The minimum Gasteiger partial charge on any atom is -0.493 e. The van der Waals surface area contributed by atoms with E-state index in [1.54, 1.807) is 36.4 Å². The van der Waals surface area contributed by atoms with Gasteiger partial charge in [-0.1, -0.05) is 54.6 Å². The highest BCUT2D eigenvalue weighted by Gasteiger charge is 2.19. The van der Waals surface area contributed by atoms with E-state index in [4.69, 9.17) is 8.92 Å². The third kappa shape index (κ3) is 4.40. The third-order valence-electron chi connectivity index (χ3n) is 3.94. The molecule has 0 amide bonds. The molecule has 0 unspecified atom stereocenters. The van der Waals surface area contributed by atoms with Gasteiger partial charge >= 0.3 is 10.1 Å². The summed E-state index contributed by atoms with van der Waals surface area (Å²) in [6.45, 7) is 0. The maximum atomic E-state index is 12.4. The van der Waals surface area contributed by atoms with Crippen molar-refractivity contribution >= 4 is 21.8 Å². The van der Waals surface area contributed by atoms with Gasteiger partial charge < -0.3 is 8.92 Å². The number of benzene rings is 3. The van der Waals surface area contributed by atoms with Gasteiger partial charge in [0.2, 0.25) is 0 Å². The minimum atomic E-state index is -3.98.